The Labute approximate surface area is 170 Å². The molecule has 150 valence electrons. The number of hydrogen-bond acceptors (Lipinski definition) is 5. The molecule has 0 atom stereocenters. The summed E-state index contributed by atoms with van der Waals surface area (Å²) in [4.78, 5) is 16.6. The SMILES string of the molecule is CCc1ccccc1Nc1ccc(C(=O)NCCOc2ccc(OC)cc2)cn1. The van der Waals surface area contributed by atoms with Gasteiger partial charge in [-0.1, -0.05) is 25.1 Å². The minimum absolute atomic E-state index is 0.184. The fourth-order valence-corrected chi connectivity index (χ4v) is 2.80. The summed E-state index contributed by atoms with van der Waals surface area (Å²) in [7, 11) is 1.62. The third-order valence-electron chi connectivity index (χ3n) is 4.40. The zero-order chi connectivity index (χ0) is 20.5. The Morgan fingerprint density at radius 2 is 1.76 bits per heavy atom. The highest BCUT2D eigenvalue weighted by Gasteiger charge is 2.07. The first-order valence-electron chi connectivity index (χ1n) is 9.55. The van der Waals surface area contributed by atoms with Crippen molar-refractivity contribution >= 4 is 17.4 Å². The summed E-state index contributed by atoms with van der Waals surface area (Å²) in [5.41, 5.74) is 2.74. The molecule has 1 heterocycles. The van der Waals surface area contributed by atoms with E-state index in [1.54, 1.807) is 25.4 Å². The fraction of sp³-hybridized carbons (Fsp3) is 0.217. The zero-order valence-electron chi connectivity index (χ0n) is 16.6. The molecule has 1 amide bonds. The van der Waals surface area contributed by atoms with Crippen molar-refractivity contribution in [3.63, 3.8) is 0 Å². The lowest BCUT2D eigenvalue weighted by molar-refractivity contribution is 0.0946. The molecule has 2 N–H and O–H groups in total. The topological polar surface area (TPSA) is 72.5 Å². The number of aryl methyl sites for hydroxylation is 1. The van der Waals surface area contributed by atoms with Gasteiger partial charge in [0.05, 0.1) is 19.2 Å². The van der Waals surface area contributed by atoms with E-state index in [1.807, 2.05) is 42.5 Å². The third kappa shape index (κ3) is 5.72. The maximum atomic E-state index is 12.3. The number of carbonyl (C=O) groups excluding carboxylic acids is 1. The Bertz CT molecular complexity index is 925. The average Bonchev–Trinajstić information content (AvgIpc) is 2.78. The van der Waals surface area contributed by atoms with Crippen LogP contribution in [-0.2, 0) is 6.42 Å². The van der Waals surface area contributed by atoms with Crippen molar-refractivity contribution < 1.29 is 14.3 Å². The number of ether oxygens (including phenoxy) is 2. The molecule has 1 aromatic heterocycles. The minimum Gasteiger partial charge on any atom is -0.497 e. The van der Waals surface area contributed by atoms with E-state index in [9.17, 15) is 4.79 Å². The van der Waals surface area contributed by atoms with Crippen LogP contribution in [0.15, 0.2) is 66.9 Å². The molecule has 29 heavy (non-hydrogen) atoms. The summed E-state index contributed by atoms with van der Waals surface area (Å²) in [6.07, 6.45) is 2.50. The van der Waals surface area contributed by atoms with Crippen LogP contribution in [0.25, 0.3) is 0 Å². The Kier molecular flexibility index (Phi) is 7.05. The number of aromatic nitrogens is 1. The summed E-state index contributed by atoms with van der Waals surface area (Å²) in [5, 5.41) is 6.13. The highest BCUT2D eigenvalue weighted by molar-refractivity contribution is 5.94. The summed E-state index contributed by atoms with van der Waals surface area (Å²) in [6, 6.07) is 19.0. The van der Waals surface area contributed by atoms with Crippen molar-refractivity contribution in [2.45, 2.75) is 13.3 Å². The predicted octanol–water partition coefficient (Wildman–Crippen LogP) is 4.21. The van der Waals surface area contributed by atoms with Gasteiger partial charge in [-0.05, 0) is 54.4 Å². The maximum Gasteiger partial charge on any atom is 0.252 e. The van der Waals surface area contributed by atoms with Crippen LogP contribution in [0, 0.1) is 0 Å². The molecule has 0 bridgehead atoms. The van der Waals surface area contributed by atoms with Gasteiger partial charge >= 0.3 is 0 Å². The number of anilines is 2. The van der Waals surface area contributed by atoms with Crippen LogP contribution in [0.4, 0.5) is 11.5 Å². The van der Waals surface area contributed by atoms with Crippen molar-refractivity contribution in [1.29, 1.82) is 0 Å². The van der Waals surface area contributed by atoms with Crippen molar-refractivity contribution in [2.24, 2.45) is 0 Å². The van der Waals surface area contributed by atoms with E-state index < -0.39 is 0 Å². The number of nitrogens with zero attached hydrogens (tertiary/aromatic N) is 1. The van der Waals surface area contributed by atoms with E-state index in [1.165, 1.54) is 5.56 Å². The number of para-hydroxylation sites is 1. The van der Waals surface area contributed by atoms with E-state index in [0.717, 1.165) is 23.6 Å². The number of carbonyl (C=O) groups is 1. The van der Waals surface area contributed by atoms with Crippen LogP contribution in [0.5, 0.6) is 11.5 Å². The summed E-state index contributed by atoms with van der Waals surface area (Å²) in [5.74, 6) is 2.01. The molecular weight excluding hydrogens is 366 g/mol. The first kappa shape index (κ1) is 20.2. The number of benzene rings is 2. The summed E-state index contributed by atoms with van der Waals surface area (Å²) < 4.78 is 10.7. The van der Waals surface area contributed by atoms with Gasteiger partial charge in [-0.15, -0.1) is 0 Å². The highest BCUT2D eigenvalue weighted by atomic mass is 16.5. The van der Waals surface area contributed by atoms with Crippen LogP contribution in [0.3, 0.4) is 0 Å². The molecule has 3 aromatic rings. The first-order chi connectivity index (χ1) is 14.2. The van der Waals surface area contributed by atoms with Crippen LogP contribution in [-0.4, -0.2) is 31.2 Å². The Balaban J connectivity index is 1.47. The molecule has 0 aliphatic carbocycles. The van der Waals surface area contributed by atoms with Crippen molar-refractivity contribution in [2.75, 3.05) is 25.6 Å². The fourth-order valence-electron chi connectivity index (χ4n) is 2.80. The predicted molar refractivity (Wildman–Crippen MR) is 114 cm³/mol. The second kappa shape index (κ2) is 10.1. The number of methoxy groups -OCH3 is 1. The number of rotatable bonds is 9. The summed E-state index contributed by atoms with van der Waals surface area (Å²) >= 11 is 0. The molecule has 0 unspecified atom stereocenters. The highest BCUT2D eigenvalue weighted by Crippen LogP contribution is 2.20. The second-order valence-corrected chi connectivity index (χ2v) is 6.35. The molecule has 0 fully saturated rings. The molecule has 3 rings (SSSR count). The minimum atomic E-state index is -0.184. The number of pyridine rings is 1. The lowest BCUT2D eigenvalue weighted by Crippen LogP contribution is -2.28. The van der Waals surface area contributed by atoms with Crippen molar-refractivity contribution in [3.8, 4) is 11.5 Å². The van der Waals surface area contributed by atoms with Gasteiger partial charge in [-0.3, -0.25) is 4.79 Å². The van der Waals surface area contributed by atoms with E-state index in [2.05, 4.69) is 28.6 Å². The van der Waals surface area contributed by atoms with Gasteiger partial charge in [0, 0.05) is 11.9 Å². The lowest BCUT2D eigenvalue weighted by atomic mass is 10.1. The molecule has 6 heteroatoms. The molecule has 0 saturated carbocycles. The van der Waals surface area contributed by atoms with Crippen LogP contribution in [0.2, 0.25) is 0 Å². The molecule has 2 aromatic carbocycles. The molecule has 0 aliphatic heterocycles. The second-order valence-electron chi connectivity index (χ2n) is 6.35. The van der Waals surface area contributed by atoms with Gasteiger partial charge in [0.15, 0.2) is 0 Å². The van der Waals surface area contributed by atoms with Gasteiger partial charge in [-0.2, -0.15) is 0 Å². The van der Waals surface area contributed by atoms with Crippen LogP contribution < -0.4 is 20.1 Å². The molecule has 6 nitrogen and oxygen atoms in total. The summed E-state index contributed by atoms with van der Waals surface area (Å²) in [6.45, 7) is 2.88. The first-order valence-corrected chi connectivity index (χ1v) is 9.55. The van der Waals surface area contributed by atoms with E-state index in [4.69, 9.17) is 9.47 Å². The van der Waals surface area contributed by atoms with Crippen LogP contribution >= 0.6 is 0 Å². The van der Waals surface area contributed by atoms with Crippen LogP contribution in [0.1, 0.15) is 22.8 Å². The molecule has 0 radical (unpaired) electrons. The molecule has 0 spiro atoms. The van der Waals surface area contributed by atoms with E-state index >= 15 is 0 Å². The normalized spacial score (nSPS) is 10.3. The lowest BCUT2D eigenvalue weighted by Gasteiger charge is -2.11. The van der Waals surface area contributed by atoms with Gasteiger partial charge in [0.2, 0.25) is 0 Å². The Morgan fingerprint density at radius 3 is 2.45 bits per heavy atom. The monoisotopic (exact) mass is 391 g/mol. The van der Waals surface area contributed by atoms with Gasteiger partial charge in [0.25, 0.3) is 5.91 Å². The number of amides is 1. The number of hydrogen-bond donors (Lipinski definition) is 2. The quantitative estimate of drug-likeness (QED) is 0.535. The molecular formula is C23H25N3O3. The average molecular weight is 391 g/mol. The third-order valence-corrected chi connectivity index (χ3v) is 4.40. The van der Waals surface area contributed by atoms with Crippen molar-refractivity contribution in [1.82, 2.24) is 10.3 Å². The Morgan fingerprint density at radius 1 is 1.00 bits per heavy atom. The van der Waals surface area contributed by atoms with Gasteiger partial charge in [-0.25, -0.2) is 4.98 Å². The zero-order valence-corrected chi connectivity index (χ0v) is 16.6. The standard InChI is InChI=1S/C23H25N3O3/c1-3-17-6-4-5-7-21(17)26-22-13-8-18(16-25-22)23(27)24-14-15-29-20-11-9-19(28-2)10-12-20/h4-13,16H,3,14-15H2,1-2H3,(H,24,27)(H,25,26). The molecule has 0 aliphatic rings. The van der Waals surface area contributed by atoms with E-state index in [-0.39, 0.29) is 5.91 Å². The van der Waals surface area contributed by atoms with E-state index in [0.29, 0.717) is 24.5 Å². The van der Waals surface area contributed by atoms with Gasteiger partial charge in [0.1, 0.15) is 23.9 Å². The number of nitrogens with one attached hydrogen (secondary N) is 2. The smallest absolute Gasteiger partial charge is 0.252 e. The van der Waals surface area contributed by atoms with Crippen molar-refractivity contribution in [3.05, 3.63) is 78.0 Å². The largest absolute Gasteiger partial charge is 0.497 e. The maximum absolute atomic E-state index is 12.3. The van der Waals surface area contributed by atoms with Gasteiger partial charge < -0.3 is 20.1 Å². The Hall–Kier alpha value is -3.54. The molecule has 0 saturated heterocycles.